The largest absolute Gasteiger partial charge is 0.396 e. The summed E-state index contributed by atoms with van der Waals surface area (Å²) in [6.45, 7) is 4.66. The van der Waals surface area contributed by atoms with Crippen molar-refractivity contribution in [2.75, 3.05) is 13.2 Å². The van der Waals surface area contributed by atoms with Crippen LogP contribution in [0.25, 0.3) is 0 Å². The molecule has 3 nitrogen and oxygen atoms in total. The highest BCUT2D eigenvalue weighted by Crippen LogP contribution is 2.23. The third-order valence-corrected chi connectivity index (χ3v) is 2.24. The van der Waals surface area contributed by atoms with E-state index in [0.29, 0.717) is 6.54 Å². The van der Waals surface area contributed by atoms with E-state index in [-0.39, 0.29) is 18.1 Å². The zero-order valence-electron chi connectivity index (χ0n) is 6.46. The van der Waals surface area contributed by atoms with Crippen molar-refractivity contribution in [1.82, 2.24) is 5.32 Å². The second-order valence-corrected chi connectivity index (χ2v) is 3.49. The van der Waals surface area contributed by atoms with E-state index in [1.807, 2.05) is 13.8 Å². The number of rotatable bonds is 1. The van der Waals surface area contributed by atoms with Gasteiger partial charge in [-0.3, -0.25) is 0 Å². The van der Waals surface area contributed by atoms with Crippen LogP contribution in [0.3, 0.4) is 0 Å². The van der Waals surface area contributed by atoms with E-state index >= 15 is 0 Å². The summed E-state index contributed by atoms with van der Waals surface area (Å²) < 4.78 is 0. The van der Waals surface area contributed by atoms with Gasteiger partial charge in [0.15, 0.2) is 0 Å². The van der Waals surface area contributed by atoms with Gasteiger partial charge in [0.05, 0.1) is 6.10 Å². The predicted molar refractivity (Wildman–Crippen MR) is 38.7 cm³/mol. The lowest BCUT2D eigenvalue weighted by atomic mass is 9.94. The summed E-state index contributed by atoms with van der Waals surface area (Å²) in [5.41, 5.74) is -0.229. The molecule has 10 heavy (non-hydrogen) atoms. The van der Waals surface area contributed by atoms with Crippen LogP contribution in [0.4, 0.5) is 0 Å². The normalized spacial score (nSPS) is 38.4. The molecule has 3 heteroatoms. The van der Waals surface area contributed by atoms with Crippen LogP contribution in [-0.2, 0) is 0 Å². The molecule has 0 amide bonds. The summed E-state index contributed by atoms with van der Waals surface area (Å²) in [4.78, 5) is 0. The molecule has 0 aliphatic carbocycles. The first-order valence-corrected chi connectivity index (χ1v) is 3.62. The highest BCUT2D eigenvalue weighted by molar-refractivity contribution is 4.97. The maximum atomic E-state index is 9.49. The van der Waals surface area contributed by atoms with Gasteiger partial charge < -0.3 is 15.5 Å². The first kappa shape index (κ1) is 7.98. The lowest BCUT2D eigenvalue weighted by molar-refractivity contribution is 0.0572. The van der Waals surface area contributed by atoms with Crippen molar-refractivity contribution in [3.05, 3.63) is 0 Å². The van der Waals surface area contributed by atoms with Crippen LogP contribution in [-0.4, -0.2) is 35.0 Å². The van der Waals surface area contributed by atoms with Gasteiger partial charge in [-0.2, -0.15) is 0 Å². The van der Waals surface area contributed by atoms with Crippen LogP contribution in [0.15, 0.2) is 0 Å². The lowest BCUT2D eigenvalue weighted by Crippen LogP contribution is -2.42. The monoisotopic (exact) mass is 145 g/mol. The minimum absolute atomic E-state index is 0.00926. The Bertz CT molecular complexity index is 125. The molecule has 2 unspecified atom stereocenters. The van der Waals surface area contributed by atoms with Crippen LogP contribution in [0, 0.1) is 5.92 Å². The molecule has 1 rings (SSSR count). The van der Waals surface area contributed by atoms with E-state index in [2.05, 4.69) is 5.32 Å². The molecule has 1 aliphatic rings. The molecule has 1 saturated heterocycles. The van der Waals surface area contributed by atoms with Crippen molar-refractivity contribution in [1.29, 1.82) is 0 Å². The van der Waals surface area contributed by atoms with Crippen LogP contribution in [0.2, 0.25) is 0 Å². The number of hydrogen-bond acceptors (Lipinski definition) is 3. The first-order chi connectivity index (χ1) is 4.58. The number of hydrogen-bond donors (Lipinski definition) is 3. The van der Waals surface area contributed by atoms with Crippen molar-refractivity contribution in [2.24, 2.45) is 5.92 Å². The quantitative estimate of drug-likeness (QED) is 0.459. The van der Waals surface area contributed by atoms with Gasteiger partial charge in [-0.15, -0.1) is 0 Å². The Morgan fingerprint density at radius 3 is 2.40 bits per heavy atom. The summed E-state index contributed by atoms with van der Waals surface area (Å²) in [6.07, 6.45) is -0.419. The van der Waals surface area contributed by atoms with Crippen LogP contribution in [0.1, 0.15) is 13.8 Å². The van der Waals surface area contributed by atoms with Crippen LogP contribution in [0.5, 0.6) is 0 Å². The second-order valence-electron chi connectivity index (χ2n) is 3.49. The summed E-state index contributed by atoms with van der Waals surface area (Å²) in [5, 5.41) is 21.4. The molecule has 0 aromatic carbocycles. The van der Waals surface area contributed by atoms with Gasteiger partial charge in [0.25, 0.3) is 0 Å². The predicted octanol–water partition coefficient (Wildman–Crippen LogP) is -0.662. The molecule has 3 N–H and O–H groups in total. The zero-order chi connectivity index (χ0) is 7.78. The fraction of sp³-hybridized carbons (Fsp3) is 1.00. The fourth-order valence-electron chi connectivity index (χ4n) is 1.36. The molecule has 0 aromatic heterocycles. The van der Waals surface area contributed by atoms with Crippen LogP contribution < -0.4 is 5.32 Å². The smallest absolute Gasteiger partial charge is 0.0778 e. The Morgan fingerprint density at radius 2 is 2.20 bits per heavy atom. The third kappa shape index (κ3) is 1.17. The minimum atomic E-state index is -0.419. The van der Waals surface area contributed by atoms with Gasteiger partial charge >= 0.3 is 0 Å². The average Bonchev–Trinajstić information content (AvgIpc) is 2.10. The maximum Gasteiger partial charge on any atom is 0.0778 e. The molecule has 1 fully saturated rings. The van der Waals surface area contributed by atoms with E-state index in [1.165, 1.54) is 0 Å². The SMILES string of the molecule is CC1(C)NCC(CO)C1O. The average molecular weight is 145 g/mol. The van der Waals surface area contributed by atoms with Crippen molar-refractivity contribution in [2.45, 2.75) is 25.5 Å². The van der Waals surface area contributed by atoms with Gasteiger partial charge in [-0.05, 0) is 13.8 Å². The molecule has 1 heterocycles. The molecule has 0 bridgehead atoms. The Kier molecular flexibility index (Phi) is 1.99. The zero-order valence-corrected chi connectivity index (χ0v) is 6.46. The van der Waals surface area contributed by atoms with E-state index in [1.54, 1.807) is 0 Å². The molecule has 1 aliphatic heterocycles. The Labute approximate surface area is 61.1 Å². The highest BCUT2D eigenvalue weighted by atomic mass is 16.3. The fourth-order valence-corrected chi connectivity index (χ4v) is 1.36. The van der Waals surface area contributed by atoms with E-state index in [9.17, 15) is 5.11 Å². The Hall–Kier alpha value is -0.120. The van der Waals surface area contributed by atoms with Gasteiger partial charge in [0, 0.05) is 24.6 Å². The van der Waals surface area contributed by atoms with E-state index < -0.39 is 6.10 Å². The summed E-state index contributed by atoms with van der Waals surface area (Å²) >= 11 is 0. The van der Waals surface area contributed by atoms with Crippen molar-refractivity contribution < 1.29 is 10.2 Å². The molecule has 0 spiro atoms. The van der Waals surface area contributed by atoms with Gasteiger partial charge in [0.2, 0.25) is 0 Å². The number of aliphatic hydroxyl groups is 2. The summed E-state index contributed by atoms with van der Waals surface area (Å²) in [5.74, 6) is 0.00926. The first-order valence-electron chi connectivity index (χ1n) is 3.62. The summed E-state index contributed by atoms with van der Waals surface area (Å²) in [7, 11) is 0. The van der Waals surface area contributed by atoms with Gasteiger partial charge in [-0.25, -0.2) is 0 Å². The van der Waals surface area contributed by atoms with Crippen LogP contribution >= 0.6 is 0 Å². The van der Waals surface area contributed by atoms with Gasteiger partial charge in [0.1, 0.15) is 0 Å². The highest BCUT2D eigenvalue weighted by Gasteiger charge is 2.39. The third-order valence-electron chi connectivity index (χ3n) is 2.24. The second kappa shape index (κ2) is 2.49. The molecule has 60 valence electrons. The van der Waals surface area contributed by atoms with Crippen molar-refractivity contribution >= 4 is 0 Å². The minimum Gasteiger partial charge on any atom is -0.396 e. The van der Waals surface area contributed by atoms with Gasteiger partial charge in [-0.1, -0.05) is 0 Å². The van der Waals surface area contributed by atoms with E-state index in [0.717, 1.165) is 0 Å². The standard InChI is InChI=1S/C7H15NO2/c1-7(2)6(10)5(4-9)3-8-7/h5-6,8-10H,3-4H2,1-2H3. The summed E-state index contributed by atoms with van der Waals surface area (Å²) in [6, 6.07) is 0. The molecule has 0 saturated carbocycles. The topological polar surface area (TPSA) is 52.5 Å². The Morgan fingerprint density at radius 1 is 1.60 bits per heavy atom. The van der Waals surface area contributed by atoms with Crippen molar-refractivity contribution in [3.63, 3.8) is 0 Å². The van der Waals surface area contributed by atoms with Crippen molar-refractivity contribution in [3.8, 4) is 0 Å². The molecular formula is C7H15NO2. The molecular weight excluding hydrogens is 130 g/mol. The molecule has 0 radical (unpaired) electrons. The molecule has 0 aromatic rings. The maximum absolute atomic E-state index is 9.49. The Balaban J connectivity index is 2.58. The number of aliphatic hydroxyl groups excluding tert-OH is 2. The van der Waals surface area contributed by atoms with E-state index in [4.69, 9.17) is 5.11 Å². The lowest BCUT2D eigenvalue weighted by Gasteiger charge is -2.24. The molecule has 2 atom stereocenters. The number of nitrogens with one attached hydrogen (secondary N) is 1.